The van der Waals surface area contributed by atoms with Crippen molar-refractivity contribution in [1.29, 1.82) is 0 Å². The smallest absolute Gasteiger partial charge is 0.145 e. The van der Waals surface area contributed by atoms with E-state index in [0.717, 1.165) is 134 Å². The molecule has 10 aromatic heterocycles. The highest BCUT2D eigenvalue weighted by Gasteiger charge is 2.36. The van der Waals surface area contributed by atoms with Gasteiger partial charge in [-0.2, -0.15) is 0 Å². The zero-order chi connectivity index (χ0) is 77.8. The average Bonchev–Trinajstić information content (AvgIpc) is 1.56. The molecule has 0 spiro atoms. The van der Waals surface area contributed by atoms with E-state index in [1.807, 2.05) is 60.9 Å². The Morgan fingerprint density at radius 3 is 1.44 bits per heavy atom. The Morgan fingerprint density at radius 1 is 0.288 bits per heavy atom. The van der Waals surface area contributed by atoms with Crippen molar-refractivity contribution in [3.05, 3.63) is 394 Å². The van der Waals surface area contributed by atoms with Crippen molar-refractivity contribution in [2.45, 2.75) is 19.3 Å². The first-order valence-electron chi connectivity index (χ1n) is 40.1. The summed E-state index contributed by atoms with van der Waals surface area (Å²) in [6.45, 7) is 4.70. The molecule has 0 amide bonds. The predicted molar refractivity (Wildman–Crippen MR) is 485 cm³/mol. The molecule has 11 heteroatoms. The third-order valence-electron chi connectivity index (χ3n) is 24.3. The van der Waals surface area contributed by atoms with Gasteiger partial charge in [-0.1, -0.05) is 214 Å². The molecule has 118 heavy (non-hydrogen) atoms. The van der Waals surface area contributed by atoms with Crippen LogP contribution in [0.2, 0.25) is 0 Å². The number of para-hydroxylation sites is 8. The van der Waals surface area contributed by atoms with Crippen LogP contribution in [0.25, 0.3) is 216 Å². The van der Waals surface area contributed by atoms with Crippen molar-refractivity contribution in [2.75, 3.05) is 0 Å². The van der Waals surface area contributed by atoms with Gasteiger partial charge in [-0.15, -0.1) is 0 Å². The first-order chi connectivity index (χ1) is 58.3. The minimum atomic E-state index is -0.0326. The van der Waals surface area contributed by atoms with Gasteiger partial charge >= 0.3 is 0 Å². The first-order valence-corrected chi connectivity index (χ1v) is 40.1. The summed E-state index contributed by atoms with van der Waals surface area (Å²) < 4.78 is 23.8. The molecule has 0 bridgehead atoms. The molecule has 0 atom stereocenters. The van der Waals surface area contributed by atoms with E-state index in [-0.39, 0.29) is 5.41 Å². The monoisotopic (exact) mass is 1510 g/mol. The predicted octanol–water partition coefficient (Wildman–Crippen LogP) is 27.5. The summed E-state index contributed by atoms with van der Waals surface area (Å²) in [5.74, 6) is 0.942. The first kappa shape index (κ1) is 66.8. The van der Waals surface area contributed by atoms with Crippen molar-refractivity contribution in [1.82, 2.24) is 42.6 Å². The van der Waals surface area contributed by atoms with E-state index in [1.54, 1.807) is 0 Å². The Morgan fingerprint density at radius 2 is 0.797 bits per heavy atom. The van der Waals surface area contributed by atoms with Crippen LogP contribution in [0.1, 0.15) is 25.0 Å². The molecule has 0 saturated heterocycles. The molecule has 25 aromatic rings. The largest absolute Gasteiger partial charge is 0.456 e. The number of hydrogen-bond acceptors (Lipinski definition) is 6. The van der Waals surface area contributed by atoms with Crippen LogP contribution in [0, 0.1) is 0 Å². The molecular formula is C107H69N9O2. The zero-order valence-electron chi connectivity index (χ0n) is 64.2. The number of rotatable bonds is 7. The lowest BCUT2D eigenvalue weighted by atomic mass is 9.82. The minimum absolute atomic E-state index is 0.0326. The molecule has 0 radical (unpaired) electrons. The fraction of sp³-hybridized carbons (Fsp3) is 0.0280. The van der Waals surface area contributed by atoms with Gasteiger partial charge in [-0.3, -0.25) is 9.55 Å². The van der Waals surface area contributed by atoms with Crippen molar-refractivity contribution in [3.8, 4) is 67.8 Å². The second-order valence-electron chi connectivity index (χ2n) is 31.2. The average molecular weight is 1510 g/mol. The number of benzene rings is 15. The third kappa shape index (κ3) is 10.3. The van der Waals surface area contributed by atoms with Gasteiger partial charge in [0.15, 0.2) is 0 Å². The van der Waals surface area contributed by atoms with E-state index in [2.05, 4.69) is 363 Å². The minimum Gasteiger partial charge on any atom is -0.456 e. The van der Waals surface area contributed by atoms with Crippen LogP contribution < -0.4 is 0 Å². The van der Waals surface area contributed by atoms with Gasteiger partial charge in [0.05, 0.1) is 66.6 Å². The van der Waals surface area contributed by atoms with E-state index in [1.165, 1.54) is 92.9 Å². The van der Waals surface area contributed by atoms with E-state index >= 15 is 0 Å². The fourth-order valence-electron chi connectivity index (χ4n) is 18.9. The summed E-state index contributed by atoms with van der Waals surface area (Å²) >= 11 is 0. The quantitative estimate of drug-likeness (QED) is 0.147. The van der Waals surface area contributed by atoms with Gasteiger partial charge in [0.2, 0.25) is 0 Å². The molecule has 1 aliphatic rings. The lowest BCUT2D eigenvalue weighted by Gasteiger charge is -2.21. The SMILES string of the molecule is CC1(C)c2ccccc2-c2cc3c(cc21)c1ccccc1n3-c1ccc(-c2nc3ccccc3n2-c2ccccc2)cc1.c1ccc2c(c1)oc1ccc3c(c4ccccc4n3-c3ccc(-c4cn5ccccc5n4)cc3)c12.c1cnc2c(c1)ccc1ccc(-c3ccc(-n4c5ccccc5c5c6c(ccc54)oc4ccccc46)cc3)nc12. The normalized spacial score (nSPS) is 12.6. The highest BCUT2D eigenvalue weighted by molar-refractivity contribution is 6.29. The highest BCUT2D eigenvalue weighted by atomic mass is 16.3. The maximum Gasteiger partial charge on any atom is 0.145 e. The van der Waals surface area contributed by atoms with Crippen molar-refractivity contribution >= 4 is 148 Å². The standard InChI is InChI=1S/C40H29N3.C36H21N3O.C31H19N3O/c1-40(2)33-16-8-6-14-29(33)31-25-38-32(24-34(31)40)30-15-7-10-18-36(30)42(38)28-22-20-26(21-23-28)39-41-35-17-9-11-19-37(35)43(39)27-12-4-3-5-13-27;1-3-9-29-26(7-1)33-30(19-20-32-34(33)27-8-2-4-10-31(27)40-32)39(29)25-16-13-22(14-17-25)28-18-15-24-12-11-23-6-5-21-37-35(23)36(24)38-28;1-3-9-25-22(7-1)30-26(16-17-28-31(30)23-8-2-4-10-27(23)35-28)34(25)21-14-12-20(13-15-21)24-19-33-18-6-5-11-29(33)32-24/h3-25H,1-2H3;1-21H;1-19H. The fourth-order valence-corrected chi connectivity index (χ4v) is 18.9. The molecule has 0 unspecified atom stereocenters. The number of nitrogens with zero attached hydrogens (tertiary/aromatic N) is 9. The van der Waals surface area contributed by atoms with Crippen molar-refractivity contribution in [3.63, 3.8) is 0 Å². The molecule has 26 rings (SSSR count). The van der Waals surface area contributed by atoms with Gasteiger partial charge in [0, 0.05) is 128 Å². The lowest BCUT2D eigenvalue weighted by Crippen LogP contribution is -2.14. The molecule has 0 saturated carbocycles. The van der Waals surface area contributed by atoms with E-state index in [4.69, 9.17) is 23.8 Å². The Hall–Kier alpha value is -15.7. The Labute approximate surface area is 675 Å². The van der Waals surface area contributed by atoms with Crippen molar-refractivity contribution in [2.24, 2.45) is 0 Å². The summed E-state index contributed by atoms with van der Waals surface area (Å²) in [6.07, 6.45) is 5.93. The number of pyridine rings is 3. The topological polar surface area (TPSA) is 102 Å². The maximum atomic E-state index is 6.23. The van der Waals surface area contributed by atoms with Gasteiger partial charge in [-0.25, -0.2) is 15.0 Å². The second kappa shape index (κ2) is 26.2. The van der Waals surface area contributed by atoms with Gasteiger partial charge in [-0.05, 0) is 186 Å². The van der Waals surface area contributed by atoms with Crippen molar-refractivity contribution < 1.29 is 8.83 Å². The Bertz CT molecular complexity index is 8370. The number of fused-ring (bicyclic) bond motifs is 25. The van der Waals surface area contributed by atoms with Crippen LogP contribution in [0.4, 0.5) is 0 Å². The Kier molecular flexibility index (Phi) is 14.8. The maximum absolute atomic E-state index is 6.23. The lowest BCUT2D eigenvalue weighted by molar-refractivity contribution is 0.661. The van der Waals surface area contributed by atoms with Gasteiger partial charge in [0.25, 0.3) is 0 Å². The van der Waals surface area contributed by atoms with Gasteiger partial charge in [0.1, 0.15) is 33.8 Å². The molecule has 1 aliphatic carbocycles. The van der Waals surface area contributed by atoms with E-state index < -0.39 is 0 Å². The van der Waals surface area contributed by atoms with E-state index in [9.17, 15) is 0 Å². The van der Waals surface area contributed by atoms with Gasteiger partial charge < -0.3 is 26.9 Å². The molecule has 0 fully saturated rings. The number of imidazole rings is 2. The molecule has 0 aliphatic heterocycles. The summed E-state index contributed by atoms with van der Waals surface area (Å²) in [4.78, 5) is 19.5. The summed E-state index contributed by atoms with van der Waals surface area (Å²) in [5, 5.41) is 14.3. The van der Waals surface area contributed by atoms with Crippen LogP contribution in [-0.4, -0.2) is 42.6 Å². The molecule has 10 heterocycles. The number of hydrogen-bond donors (Lipinski definition) is 0. The van der Waals surface area contributed by atoms with Crippen LogP contribution in [0.5, 0.6) is 0 Å². The van der Waals surface area contributed by atoms with Crippen LogP contribution in [0.3, 0.4) is 0 Å². The highest BCUT2D eigenvalue weighted by Crippen LogP contribution is 2.52. The molecular weight excluding hydrogens is 1440 g/mol. The van der Waals surface area contributed by atoms with Crippen LogP contribution >= 0.6 is 0 Å². The zero-order valence-corrected chi connectivity index (χ0v) is 64.2. The summed E-state index contributed by atoms with van der Waals surface area (Å²) in [6, 6.07) is 129. The molecule has 0 N–H and O–H groups in total. The van der Waals surface area contributed by atoms with Crippen LogP contribution in [-0.2, 0) is 5.41 Å². The molecule has 11 nitrogen and oxygen atoms in total. The number of furan rings is 2. The number of aromatic nitrogens is 9. The van der Waals surface area contributed by atoms with Crippen LogP contribution in [0.15, 0.2) is 391 Å². The summed E-state index contributed by atoms with van der Waals surface area (Å²) in [7, 11) is 0. The molecule has 554 valence electrons. The summed E-state index contributed by atoms with van der Waals surface area (Å²) in [5.41, 5.74) is 30.8. The van der Waals surface area contributed by atoms with E-state index in [0.29, 0.717) is 0 Å². The Balaban J connectivity index is 0.000000102. The third-order valence-corrected chi connectivity index (χ3v) is 24.3. The second-order valence-corrected chi connectivity index (χ2v) is 31.2. The molecule has 15 aromatic carbocycles.